The minimum atomic E-state index is -0.0313. The zero-order valence-electron chi connectivity index (χ0n) is 10.2. The Bertz CT molecular complexity index is 342. The molecule has 0 aliphatic heterocycles. The van der Waals surface area contributed by atoms with Gasteiger partial charge in [-0.1, -0.05) is 38.2 Å². The van der Waals surface area contributed by atoms with Crippen LogP contribution in [0.5, 0.6) is 0 Å². The van der Waals surface area contributed by atoms with Gasteiger partial charge in [0, 0.05) is 12.2 Å². The normalized spacial score (nSPS) is 18.1. The number of aromatic nitrogens is 1. The van der Waals surface area contributed by atoms with Crippen molar-refractivity contribution in [2.24, 2.45) is 0 Å². The van der Waals surface area contributed by atoms with Crippen molar-refractivity contribution >= 4 is 5.91 Å². The molecule has 0 bridgehead atoms. The van der Waals surface area contributed by atoms with E-state index in [0.717, 1.165) is 12.8 Å². The second-order valence-electron chi connectivity index (χ2n) is 4.73. The number of carbonyl (C=O) groups is 1. The third kappa shape index (κ3) is 3.84. The van der Waals surface area contributed by atoms with Gasteiger partial charge in [0.15, 0.2) is 0 Å². The number of hydrogen-bond donors (Lipinski definition) is 1. The van der Waals surface area contributed by atoms with E-state index in [0.29, 0.717) is 11.7 Å². The first kappa shape index (κ1) is 12.1. The topological polar surface area (TPSA) is 42.0 Å². The second kappa shape index (κ2) is 6.38. The van der Waals surface area contributed by atoms with E-state index >= 15 is 0 Å². The average Bonchev–Trinajstić information content (AvgIpc) is 2.33. The molecule has 0 unspecified atom stereocenters. The molecule has 3 heteroatoms. The molecule has 17 heavy (non-hydrogen) atoms. The molecular formula is C14H20N2O. The van der Waals surface area contributed by atoms with Gasteiger partial charge >= 0.3 is 0 Å². The Balaban J connectivity index is 1.88. The van der Waals surface area contributed by atoms with E-state index in [1.165, 1.54) is 32.1 Å². The van der Waals surface area contributed by atoms with E-state index in [1.807, 2.05) is 12.1 Å². The van der Waals surface area contributed by atoms with Crippen LogP contribution in [0.4, 0.5) is 0 Å². The quantitative estimate of drug-likeness (QED) is 0.851. The van der Waals surface area contributed by atoms with Gasteiger partial charge in [-0.25, -0.2) is 0 Å². The summed E-state index contributed by atoms with van der Waals surface area (Å²) >= 11 is 0. The molecule has 1 aliphatic carbocycles. The summed E-state index contributed by atoms with van der Waals surface area (Å²) in [6.45, 7) is 0. The molecule has 1 N–H and O–H groups in total. The summed E-state index contributed by atoms with van der Waals surface area (Å²) < 4.78 is 0. The summed E-state index contributed by atoms with van der Waals surface area (Å²) in [6, 6.07) is 5.77. The molecule has 1 fully saturated rings. The van der Waals surface area contributed by atoms with Crippen LogP contribution in [0.25, 0.3) is 0 Å². The SMILES string of the molecule is O=C(NC1CCCCCCC1)c1ccccn1. The molecule has 0 saturated heterocycles. The molecule has 1 aromatic heterocycles. The highest BCUT2D eigenvalue weighted by Gasteiger charge is 2.15. The van der Waals surface area contributed by atoms with Gasteiger partial charge in [-0.2, -0.15) is 0 Å². The molecule has 92 valence electrons. The third-order valence-electron chi connectivity index (χ3n) is 3.34. The van der Waals surface area contributed by atoms with Crippen LogP contribution in [0, 0.1) is 0 Å². The third-order valence-corrected chi connectivity index (χ3v) is 3.34. The van der Waals surface area contributed by atoms with Crippen molar-refractivity contribution in [1.82, 2.24) is 10.3 Å². The second-order valence-corrected chi connectivity index (χ2v) is 4.73. The molecule has 1 heterocycles. The van der Waals surface area contributed by atoms with Crippen LogP contribution in [0.15, 0.2) is 24.4 Å². The minimum Gasteiger partial charge on any atom is -0.348 e. The van der Waals surface area contributed by atoms with Crippen molar-refractivity contribution in [3.05, 3.63) is 30.1 Å². The largest absolute Gasteiger partial charge is 0.348 e. The van der Waals surface area contributed by atoms with Gasteiger partial charge in [-0.3, -0.25) is 9.78 Å². The van der Waals surface area contributed by atoms with Crippen molar-refractivity contribution in [2.75, 3.05) is 0 Å². The number of amides is 1. The molecule has 0 radical (unpaired) electrons. The molecule has 3 nitrogen and oxygen atoms in total. The molecule has 0 atom stereocenters. The molecule has 0 spiro atoms. The minimum absolute atomic E-state index is 0.0313. The van der Waals surface area contributed by atoms with Crippen molar-refractivity contribution in [2.45, 2.75) is 51.0 Å². The number of hydrogen-bond acceptors (Lipinski definition) is 2. The first-order chi connectivity index (χ1) is 8.36. The number of carbonyl (C=O) groups excluding carboxylic acids is 1. The number of pyridine rings is 1. The van der Waals surface area contributed by atoms with Crippen LogP contribution < -0.4 is 5.32 Å². The average molecular weight is 232 g/mol. The molecule has 1 aromatic rings. The van der Waals surface area contributed by atoms with Crippen LogP contribution in [0.3, 0.4) is 0 Å². The highest BCUT2D eigenvalue weighted by molar-refractivity contribution is 5.92. The van der Waals surface area contributed by atoms with Crippen LogP contribution in [-0.4, -0.2) is 16.9 Å². The van der Waals surface area contributed by atoms with E-state index in [2.05, 4.69) is 10.3 Å². The zero-order chi connectivity index (χ0) is 11.9. The fourth-order valence-corrected chi connectivity index (χ4v) is 2.36. The van der Waals surface area contributed by atoms with Gasteiger partial charge < -0.3 is 5.32 Å². The standard InChI is InChI=1S/C14H20N2O/c17-14(13-10-6-7-11-15-13)16-12-8-4-2-1-3-5-9-12/h6-7,10-12H,1-5,8-9H2,(H,16,17). The monoisotopic (exact) mass is 232 g/mol. The fraction of sp³-hybridized carbons (Fsp3) is 0.571. The maximum absolute atomic E-state index is 11.9. The Morgan fingerprint density at radius 2 is 1.82 bits per heavy atom. The Hall–Kier alpha value is -1.38. The maximum atomic E-state index is 11.9. The lowest BCUT2D eigenvalue weighted by Crippen LogP contribution is -2.35. The molecule has 1 aliphatic rings. The van der Waals surface area contributed by atoms with E-state index < -0.39 is 0 Å². The highest BCUT2D eigenvalue weighted by Crippen LogP contribution is 2.17. The fourth-order valence-electron chi connectivity index (χ4n) is 2.36. The van der Waals surface area contributed by atoms with E-state index in [-0.39, 0.29) is 5.91 Å². The summed E-state index contributed by atoms with van der Waals surface area (Å²) in [7, 11) is 0. The predicted octanol–water partition coefficient (Wildman–Crippen LogP) is 2.92. The lowest BCUT2D eigenvalue weighted by Gasteiger charge is -2.20. The molecule has 1 amide bonds. The van der Waals surface area contributed by atoms with Crippen LogP contribution in [-0.2, 0) is 0 Å². The Morgan fingerprint density at radius 1 is 1.12 bits per heavy atom. The number of nitrogens with zero attached hydrogens (tertiary/aromatic N) is 1. The lowest BCUT2D eigenvalue weighted by molar-refractivity contribution is 0.0925. The Kier molecular flexibility index (Phi) is 4.54. The first-order valence-corrected chi connectivity index (χ1v) is 6.58. The smallest absolute Gasteiger partial charge is 0.270 e. The van der Waals surface area contributed by atoms with E-state index in [4.69, 9.17) is 0 Å². The number of rotatable bonds is 2. The van der Waals surface area contributed by atoms with Crippen LogP contribution >= 0.6 is 0 Å². The molecule has 0 aromatic carbocycles. The lowest BCUT2D eigenvalue weighted by atomic mass is 9.96. The Labute approximate surface area is 103 Å². The van der Waals surface area contributed by atoms with E-state index in [9.17, 15) is 4.79 Å². The van der Waals surface area contributed by atoms with Gasteiger partial charge in [0.2, 0.25) is 0 Å². The van der Waals surface area contributed by atoms with Gasteiger partial charge in [0.25, 0.3) is 5.91 Å². The maximum Gasteiger partial charge on any atom is 0.270 e. The van der Waals surface area contributed by atoms with Gasteiger partial charge in [-0.15, -0.1) is 0 Å². The van der Waals surface area contributed by atoms with E-state index in [1.54, 1.807) is 12.3 Å². The Morgan fingerprint density at radius 3 is 2.47 bits per heavy atom. The molecular weight excluding hydrogens is 212 g/mol. The van der Waals surface area contributed by atoms with Crippen molar-refractivity contribution in [3.63, 3.8) is 0 Å². The van der Waals surface area contributed by atoms with Crippen LogP contribution in [0.1, 0.15) is 55.4 Å². The molecule has 1 saturated carbocycles. The van der Waals surface area contributed by atoms with Gasteiger partial charge in [0.1, 0.15) is 5.69 Å². The van der Waals surface area contributed by atoms with Crippen LogP contribution in [0.2, 0.25) is 0 Å². The number of nitrogens with one attached hydrogen (secondary N) is 1. The summed E-state index contributed by atoms with van der Waals surface area (Å²) in [5.74, 6) is -0.0313. The van der Waals surface area contributed by atoms with Crippen molar-refractivity contribution in [3.8, 4) is 0 Å². The predicted molar refractivity (Wildman–Crippen MR) is 67.8 cm³/mol. The molecule has 2 rings (SSSR count). The summed E-state index contributed by atoms with van der Waals surface area (Å²) in [5, 5.41) is 3.10. The summed E-state index contributed by atoms with van der Waals surface area (Å²) in [5.41, 5.74) is 0.523. The highest BCUT2D eigenvalue weighted by atomic mass is 16.1. The van der Waals surface area contributed by atoms with Crippen molar-refractivity contribution < 1.29 is 4.79 Å². The first-order valence-electron chi connectivity index (χ1n) is 6.58. The van der Waals surface area contributed by atoms with Gasteiger partial charge in [-0.05, 0) is 25.0 Å². The summed E-state index contributed by atoms with van der Waals surface area (Å²) in [4.78, 5) is 16.0. The zero-order valence-corrected chi connectivity index (χ0v) is 10.2. The van der Waals surface area contributed by atoms with Crippen molar-refractivity contribution in [1.29, 1.82) is 0 Å². The summed E-state index contributed by atoms with van der Waals surface area (Å²) in [6.07, 6.45) is 10.3. The van der Waals surface area contributed by atoms with Gasteiger partial charge in [0.05, 0.1) is 0 Å².